The fourth-order valence-electron chi connectivity index (χ4n) is 3.01. The first-order chi connectivity index (χ1) is 11.7. The van der Waals surface area contributed by atoms with E-state index in [9.17, 15) is 9.59 Å². The SMILES string of the molecule is COc1cccc(C(=O)N2CCN(C(=O)C3COCCN3)CC2)c1.Cl. The van der Waals surface area contributed by atoms with Crippen molar-refractivity contribution in [2.75, 3.05) is 53.0 Å². The molecule has 0 aromatic heterocycles. The lowest BCUT2D eigenvalue weighted by Crippen LogP contribution is -2.57. The van der Waals surface area contributed by atoms with E-state index in [0.717, 1.165) is 0 Å². The van der Waals surface area contributed by atoms with Crippen LogP contribution >= 0.6 is 12.4 Å². The van der Waals surface area contributed by atoms with E-state index < -0.39 is 0 Å². The molecule has 2 aliphatic rings. The highest BCUT2D eigenvalue weighted by Gasteiger charge is 2.30. The summed E-state index contributed by atoms with van der Waals surface area (Å²) in [6, 6.07) is 6.88. The minimum atomic E-state index is -0.264. The molecule has 25 heavy (non-hydrogen) atoms. The van der Waals surface area contributed by atoms with Crippen LogP contribution in [0.5, 0.6) is 5.75 Å². The molecule has 7 nitrogen and oxygen atoms in total. The monoisotopic (exact) mass is 369 g/mol. The fourth-order valence-corrected chi connectivity index (χ4v) is 3.01. The minimum absolute atomic E-state index is 0. The molecule has 1 atom stereocenters. The normalized spacial score (nSPS) is 20.6. The van der Waals surface area contributed by atoms with E-state index in [1.165, 1.54) is 0 Å². The lowest BCUT2D eigenvalue weighted by Gasteiger charge is -2.37. The summed E-state index contributed by atoms with van der Waals surface area (Å²) in [6.45, 7) is 3.93. The fraction of sp³-hybridized carbons (Fsp3) is 0.529. The van der Waals surface area contributed by atoms with Crippen LogP contribution in [-0.4, -0.2) is 80.7 Å². The summed E-state index contributed by atoms with van der Waals surface area (Å²) in [6.07, 6.45) is 0. The van der Waals surface area contributed by atoms with E-state index in [0.29, 0.717) is 57.3 Å². The molecule has 138 valence electrons. The summed E-state index contributed by atoms with van der Waals surface area (Å²) in [4.78, 5) is 28.6. The number of halogens is 1. The third kappa shape index (κ3) is 4.62. The lowest BCUT2D eigenvalue weighted by atomic mass is 10.1. The van der Waals surface area contributed by atoms with Gasteiger partial charge in [-0.1, -0.05) is 6.07 Å². The van der Waals surface area contributed by atoms with E-state index >= 15 is 0 Å². The van der Waals surface area contributed by atoms with Gasteiger partial charge in [0.1, 0.15) is 11.8 Å². The van der Waals surface area contributed by atoms with Crippen LogP contribution < -0.4 is 10.1 Å². The summed E-state index contributed by atoms with van der Waals surface area (Å²) in [5.41, 5.74) is 0.608. The van der Waals surface area contributed by atoms with Crippen molar-refractivity contribution in [2.24, 2.45) is 0 Å². The van der Waals surface area contributed by atoms with Crippen LogP contribution in [-0.2, 0) is 9.53 Å². The molecular formula is C17H24ClN3O4. The van der Waals surface area contributed by atoms with Crippen LogP contribution in [0.15, 0.2) is 24.3 Å². The number of nitrogens with one attached hydrogen (secondary N) is 1. The highest BCUT2D eigenvalue weighted by atomic mass is 35.5. The van der Waals surface area contributed by atoms with Crippen LogP contribution in [0.2, 0.25) is 0 Å². The van der Waals surface area contributed by atoms with Crippen molar-refractivity contribution >= 4 is 24.2 Å². The second-order valence-corrected chi connectivity index (χ2v) is 5.93. The Hall–Kier alpha value is -1.83. The summed E-state index contributed by atoms with van der Waals surface area (Å²) in [7, 11) is 1.58. The highest BCUT2D eigenvalue weighted by Crippen LogP contribution is 2.16. The van der Waals surface area contributed by atoms with E-state index in [1.54, 1.807) is 30.2 Å². The maximum absolute atomic E-state index is 12.6. The van der Waals surface area contributed by atoms with Gasteiger partial charge in [0.05, 0.1) is 20.3 Å². The van der Waals surface area contributed by atoms with E-state index in [-0.39, 0.29) is 30.3 Å². The van der Waals surface area contributed by atoms with Crippen LogP contribution in [0, 0.1) is 0 Å². The Kier molecular flexibility index (Phi) is 7.04. The summed E-state index contributed by atoms with van der Waals surface area (Å²) < 4.78 is 10.5. The number of rotatable bonds is 3. The number of amides is 2. The Bertz CT molecular complexity index is 599. The van der Waals surface area contributed by atoms with Gasteiger partial charge in [-0.3, -0.25) is 9.59 Å². The van der Waals surface area contributed by atoms with E-state index in [2.05, 4.69) is 5.32 Å². The van der Waals surface area contributed by atoms with Crippen LogP contribution in [0.25, 0.3) is 0 Å². The molecule has 2 fully saturated rings. The van der Waals surface area contributed by atoms with Gasteiger partial charge in [0.2, 0.25) is 5.91 Å². The number of benzene rings is 1. The van der Waals surface area contributed by atoms with Gasteiger partial charge in [-0.2, -0.15) is 0 Å². The number of nitrogens with zero attached hydrogens (tertiary/aromatic N) is 2. The number of piperazine rings is 1. The first-order valence-electron chi connectivity index (χ1n) is 8.22. The second-order valence-electron chi connectivity index (χ2n) is 5.93. The smallest absolute Gasteiger partial charge is 0.254 e. The number of carbonyl (C=O) groups excluding carboxylic acids is 2. The highest BCUT2D eigenvalue weighted by molar-refractivity contribution is 5.94. The molecule has 1 aromatic carbocycles. The number of hydrogen-bond acceptors (Lipinski definition) is 5. The van der Waals surface area contributed by atoms with Crippen molar-refractivity contribution in [3.05, 3.63) is 29.8 Å². The molecule has 0 aliphatic carbocycles. The predicted molar refractivity (Wildman–Crippen MR) is 95.3 cm³/mol. The maximum atomic E-state index is 12.6. The Labute approximate surface area is 153 Å². The zero-order chi connectivity index (χ0) is 16.9. The number of ether oxygens (including phenoxy) is 2. The molecule has 2 aliphatic heterocycles. The molecule has 2 amide bonds. The van der Waals surface area contributed by atoms with Gasteiger partial charge in [-0.25, -0.2) is 0 Å². The third-order valence-corrected chi connectivity index (χ3v) is 4.41. The molecule has 2 heterocycles. The van der Waals surface area contributed by atoms with Gasteiger partial charge in [0.15, 0.2) is 0 Å². The standard InChI is InChI=1S/C17H23N3O4.ClH/c1-23-14-4-2-3-13(11-14)16(21)19-6-8-20(9-7-19)17(22)15-12-24-10-5-18-15;/h2-4,11,15,18H,5-10,12H2,1H3;1H. The van der Waals surface area contributed by atoms with Gasteiger partial charge in [0, 0.05) is 38.3 Å². The van der Waals surface area contributed by atoms with Gasteiger partial charge in [-0.05, 0) is 18.2 Å². The molecule has 3 rings (SSSR count). The topological polar surface area (TPSA) is 71.1 Å². The largest absolute Gasteiger partial charge is 0.497 e. The molecule has 2 saturated heterocycles. The lowest BCUT2D eigenvalue weighted by molar-refractivity contribution is -0.137. The average Bonchev–Trinajstić information content (AvgIpc) is 2.67. The van der Waals surface area contributed by atoms with Crippen LogP contribution in [0.4, 0.5) is 0 Å². The van der Waals surface area contributed by atoms with Crippen molar-refractivity contribution in [1.29, 1.82) is 0 Å². The van der Waals surface area contributed by atoms with Crippen molar-refractivity contribution in [1.82, 2.24) is 15.1 Å². The molecule has 0 saturated carbocycles. The van der Waals surface area contributed by atoms with Gasteiger partial charge >= 0.3 is 0 Å². The van der Waals surface area contributed by atoms with Crippen molar-refractivity contribution in [3.8, 4) is 5.75 Å². The summed E-state index contributed by atoms with van der Waals surface area (Å²) in [5.74, 6) is 0.696. The Morgan fingerprint density at radius 3 is 2.56 bits per heavy atom. The number of morpholine rings is 1. The Balaban J connectivity index is 0.00000225. The van der Waals surface area contributed by atoms with Crippen molar-refractivity contribution in [3.63, 3.8) is 0 Å². The summed E-state index contributed by atoms with van der Waals surface area (Å²) in [5, 5.41) is 3.18. The maximum Gasteiger partial charge on any atom is 0.254 e. The van der Waals surface area contributed by atoms with Crippen LogP contribution in [0.1, 0.15) is 10.4 Å². The molecule has 0 radical (unpaired) electrons. The van der Waals surface area contributed by atoms with Crippen molar-refractivity contribution < 1.29 is 19.1 Å². The second kappa shape index (κ2) is 9.03. The molecule has 0 bridgehead atoms. The predicted octanol–water partition coefficient (Wildman–Crippen LogP) is 0.390. The molecule has 8 heteroatoms. The number of hydrogen-bond donors (Lipinski definition) is 1. The number of carbonyl (C=O) groups is 2. The van der Waals surface area contributed by atoms with Gasteiger partial charge < -0.3 is 24.6 Å². The van der Waals surface area contributed by atoms with E-state index in [4.69, 9.17) is 9.47 Å². The minimum Gasteiger partial charge on any atom is -0.497 e. The third-order valence-electron chi connectivity index (χ3n) is 4.41. The quantitative estimate of drug-likeness (QED) is 0.834. The molecule has 1 N–H and O–H groups in total. The first kappa shape index (κ1) is 19.5. The zero-order valence-corrected chi connectivity index (χ0v) is 15.1. The van der Waals surface area contributed by atoms with E-state index in [1.807, 2.05) is 11.0 Å². The molecule has 1 aromatic rings. The first-order valence-corrected chi connectivity index (χ1v) is 8.22. The molecular weight excluding hydrogens is 346 g/mol. The van der Waals surface area contributed by atoms with Crippen molar-refractivity contribution in [2.45, 2.75) is 6.04 Å². The summed E-state index contributed by atoms with van der Waals surface area (Å²) >= 11 is 0. The van der Waals surface area contributed by atoms with Gasteiger partial charge in [-0.15, -0.1) is 12.4 Å². The number of methoxy groups -OCH3 is 1. The zero-order valence-electron chi connectivity index (χ0n) is 14.3. The molecule has 0 spiro atoms. The Morgan fingerprint density at radius 1 is 1.20 bits per heavy atom. The molecule has 1 unspecified atom stereocenters. The van der Waals surface area contributed by atoms with Gasteiger partial charge in [0.25, 0.3) is 5.91 Å². The van der Waals surface area contributed by atoms with Crippen LogP contribution in [0.3, 0.4) is 0 Å². The average molecular weight is 370 g/mol. The Morgan fingerprint density at radius 2 is 1.92 bits per heavy atom.